The van der Waals surface area contributed by atoms with Gasteiger partial charge in [-0.15, -0.1) is 24.0 Å². The number of guanidine groups is 1. The normalized spacial score (nSPS) is 23.9. The number of likely N-dealkylation sites (N-methyl/N-ethyl adjacent to an activating group) is 1. The van der Waals surface area contributed by atoms with Crippen molar-refractivity contribution in [2.45, 2.75) is 44.6 Å². The first-order valence-corrected chi connectivity index (χ1v) is 9.07. The fourth-order valence-corrected chi connectivity index (χ4v) is 3.68. The SMILES string of the molecule is CN=C(NCCc1ccccn1)NCC1(N(C)C)CCCC(C)C1.I. The van der Waals surface area contributed by atoms with Gasteiger partial charge in [-0.05, 0) is 45.0 Å². The van der Waals surface area contributed by atoms with Crippen LogP contribution in [0.2, 0.25) is 0 Å². The van der Waals surface area contributed by atoms with Crippen molar-refractivity contribution in [3.05, 3.63) is 30.1 Å². The molecule has 1 aromatic heterocycles. The van der Waals surface area contributed by atoms with Gasteiger partial charge in [0, 0.05) is 44.0 Å². The first kappa shape index (κ1) is 22.2. The van der Waals surface area contributed by atoms with Crippen LogP contribution in [0.25, 0.3) is 0 Å². The number of aromatic nitrogens is 1. The Morgan fingerprint density at radius 1 is 1.36 bits per heavy atom. The topological polar surface area (TPSA) is 52.6 Å². The molecule has 0 saturated heterocycles. The van der Waals surface area contributed by atoms with Gasteiger partial charge >= 0.3 is 0 Å². The largest absolute Gasteiger partial charge is 0.356 e. The Bertz CT molecular complexity index is 520. The van der Waals surface area contributed by atoms with Gasteiger partial charge in [0.15, 0.2) is 5.96 Å². The van der Waals surface area contributed by atoms with Crippen LogP contribution in [0.15, 0.2) is 29.4 Å². The third-order valence-electron chi connectivity index (χ3n) is 5.22. The molecule has 2 unspecified atom stereocenters. The number of aliphatic imine (C=N–C) groups is 1. The number of hydrogen-bond acceptors (Lipinski definition) is 3. The number of hydrogen-bond donors (Lipinski definition) is 2. The van der Waals surface area contributed by atoms with Gasteiger partial charge in [0.25, 0.3) is 0 Å². The van der Waals surface area contributed by atoms with Crippen LogP contribution in [0, 0.1) is 5.92 Å². The van der Waals surface area contributed by atoms with Gasteiger partial charge < -0.3 is 15.5 Å². The van der Waals surface area contributed by atoms with Gasteiger partial charge in [-0.25, -0.2) is 0 Å². The van der Waals surface area contributed by atoms with Crippen molar-refractivity contribution in [3.8, 4) is 0 Å². The molecule has 2 rings (SSSR count). The number of nitrogens with one attached hydrogen (secondary N) is 2. The molecule has 25 heavy (non-hydrogen) atoms. The Labute approximate surface area is 170 Å². The molecule has 1 aromatic rings. The van der Waals surface area contributed by atoms with Crippen LogP contribution in [-0.4, -0.2) is 55.6 Å². The minimum absolute atomic E-state index is 0. The van der Waals surface area contributed by atoms with Crippen LogP contribution in [0.3, 0.4) is 0 Å². The summed E-state index contributed by atoms with van der Waals surface area (Å²) in [6.45, 7) is 4.15. The Morgan fingerprint density at radius 2 is 2.16 bits per heavy atom. The minimum Gasteiger partial charge on any atom is -0.356 e. The van der Waals surface area contributed by atoms with E-state index in [1.54, 1.807) is 0 Å². The van der Waals surface area contributed by atoms with Crippen LogP contribution in [0.4, 0.5) is 0 Å². The molecule has 0 aromatic carbocycles. The molecule has 0 amide bonds. The predicted octanol–water partition coefficient (Wildman–Crippen LogP) is 2.92. The summed E-state index contributed by atoms with van der Waals surface area (Å²) in [4.78, 5) is 11.1. The van der Waals surface area contributed by atoms with E-state index in [0.717, 1.165) is 37.1 Å². The van der Waals surface area contributed by atoms with E-state index in [2.05, 4.69) is 52.6 Å². The highest BCUT2D eigenvalue weighted by molar-refractivity contribution is 14.0. The maximum Gasteiger partial charge on any atom is 0.191 e. The highest BCUT2D eigenvalue weighted by atomic mass is 127. The Balaban J connectivity index is 0.00000312. The summed E-state index contributed by atoms with van der Waals surface area (Å²) in [7, 11) is 6.25. The van der Waals surface area contributed by atoms with Crippen LogP contribution in [-0.2, 0) is 6.42 Å². The molecule has 0 bridgehead atoms. The molecule has 1 heterocycles. The zero-order chi connectivity index (χ0) is 17.4. The molecule has 2 atom stereocenters. The monoisotopic (exact) mass is 459 g/mol. The molecule has 0 spiro atoms. The maximum atomic E-state index is 4.37. The van der Waals surface area contributed by atoms with Crippen LogP contribution >= 0.6 is 24.0 Å². The fraction of sp³-hybridized carbons (Fsp3) is 0.684. The van der Waals surface area contributed by atoms with E-state index in [1.807, 2.05) is 25.4 Å². The van der Waals surface area contributed by atoms with Crippen molar-refractivity contribution in [2.75, 3.05) is 34.2 Å². The second kappa shape index (κ2) is 11.0. The average Bonchev–Trinajstić information content (AvgIpc) is 2.58. The van der Waals surface area contributed by atoms with E-state index in [9.17, 15) is 0 Å². The van der Waals surface area contributed by atoms with Crippen molar-refractivity contribution in [3.63, 3.8) is 0 Å². The third-order valence-corrected chi connectivity index (χ3v) is 5.22. The molecule has 5 nitrogen and oxygen atoms in total. The van der Waals surface area contributed by atoms with Gasteiger partial charge in [-0.3, -0.25) is 9.98 Å². The minimum atomic E-state index is 0. The highest BCUT2D eigenvalue weighted by Gasteiger charge is 2.36. The van der Waals surface area contributed by atoms with Crippen molar-refractivity contribution >= 4 is 29.9 Å². The second-order valence-electron chi connectivity index (χ2n) is 7.24. The average molecular weight is 459 g/mol. The van der Waals surface area contributed by atoms with E-state index in [0.29, 0.717) is 0 Å². The molecule has 1 aliphatic carbocycles. The van der Waals surface area contributed by atoms with Crippen LogP contribution < -0.4 is 10.6 Å². The summed E-state index contributed by atoms with van der Waals surface area (Å²) >= 11 is 0. The fourth-order valence-electron chi connectivity index (χ4n) is 3.68. The summed E-state index contributed by atoms with van der Waals surface area (Å²) in [5.41, 5.74) is 1.34. The van der Waals surface area contributed by atoms with E-state index < -0.39 is 0 Å². The molecule has 0 aliphatic heterocycles. The van der Waals surface area contributed by atoms with E-state index >= 15 is 0 Å². The molecule has 1 aliphatic rings. The maximum absolute atomic E-state index is 4.37. The van der Waals surface area contributed by atoms with E-state index in [1.165, 1.54) is 25.7 Å². The van der Waals surface area contributed by atoms with Gasteiger partial charge in [-0.2, -0.15) is 0 Å². The molecule has 142 valence electrons. The molecular formula is C19H34IN5. The lowest BCUT2D eigenvalue weighted by atomic mass is 9.75. The Morgan fingerprint density at radius 3 is 2.76 bits per heavy atom. The van der Waals surface area contributed by atoms with E-state index in [-0.39, 0.29) is 29.5 Å². The quantitative estimate of drug-likeness (QED) is 0.390. The van der Waals surface area contributed by atoms with Crippen LogP contribution in [0.5, 0.6) is 0 Å². The molecule has 2 N–H and O–H groups in total. The number of pyridine rings is 1. The first-order chi connectivity index (χ1) is 11.6. The first-order valence-electron chi connectivity index (χ1n) is 9.07. The second-order valence-corrected chi connectivity index (χ2v) is 7.24. The van der Waals surface area contributed by atoms with Gasteiger partial charge in [0.05, 0.1) is 0 Å². The molecule has 0 radical (unpaired) electrons. The van der Waals surface area contributed by atoms with Crippen molar-refractivity contribution in [2.24, 2.45) is 10.9 Å². The van der Waals surface area contributed by atoms with Crippen molar-refractivity contribution < 1.29 is 0 Å². The zero-order valence-corrected chi connectivity index (χ0v) is 18.4. The molecule has 6 heteroatoms. The Hall–Kier alpha value is -0.890. The van der Waals surface area contributed by atoms with E-state index in [4.69, 9.17) is 0 Å². The highest BCUT2D eigenvalue weighted by Crippen LogP contribution is 2.35. The number of nitrogens with zero attached hydrogens (tertiary/aromatic N) is 3. The third kappa shape index (κ3) is 6.73. The molecule has 1 fully saturated rings. The molecular weight excluding hydrogens is 425 g/mol. The smallest absolute Gasteiger partial charge is 0.191 e. The van der Waals surface area contributed by atoms with Crippen molar-refractivity contribution in [1.82, 2.24) is 20.5 Å². The lowest BCUT2D eigenvalue weighted by Crippen LogP contribution is -2.56. The van der Waals surface area contributed by atoms with Gasteiger partial charge in [0.2, 0.25) is 0 Å². The molecule has 1 saturated carbocycles. The summed E-state index contributed by atoms with van der Waals surface area (Å²) in [6, 6.07) is 6.03. The summed E-state index contributed by atoms with van der Waals surface area (Å²) in [6.07, 6.45) is 7.91. The van der Waals surface area contributed by atoms with Crippen LogP contribution in [0.1, 0.15) is 38.3 Å². The summed E-state index contributed by atoms with van der Waals surface area (Å²) < 4.78 is 0. The standard InChI is InChI=1S/C19H33N5.HI/c1-16-8-7-11-19(14-16,24(3)4)15-23-18(20-2)22-13-10-17-9-5-6-12-21-17;/h5-6,9,12,16H,7-8,10-11,13-15H2,1-4H3,(H2,20,22,23);1H. The van der Waals surface area contributed by atoms with Gasteiger partial charge in [-0.1, -0.05) is 25.8 Å². The lowest BCUT2D eigenvalue weighted by Gasteiger charge is -2.45. The van der Waals surface area contributed by atoms with Gasteiger partial charge in [0.1, 0.15) is 0 Å². The number of rotatable bonds is 6. The summed E-state index contributed by atoms with van der Waals surface area (Å²) in [5.74, 6) is 1.67. The zero-order valence-electron chi connectivity index (χ0n) is 16.1. The lowest BCUT2D eigenvalue weighted by molar-refractivity contribution is 0.0796. The predicted molar refractivity (Wildman–Crippen MR) is 117 cm³/mol. The number of halogens is 1. The summed E-state index contributed by atoms with van der Waals surface area (Å²) in [5, 5.41) is 6.95. The van der Waals surface area contributed by atoms with Crippen molar-refractivity contribution in [1.29, 1.82) is 0 Å². The Kier molecular flexibility index (Phi) is 9.71.